The Morgan fingerprint density at radius 2 is 2.17 bits per heavy atom. The van der Waals surface area contributed by atoms with E-state index in [2.05, 4.69) is 20.6 Å². The maximum Gasteiger partial charge on any atom is 0.192 e. The number of rotatable bonds is 9. The van der Waals surface area contributed by atoms with Gasteiger partial charge in [0, 0.05) is 26.0 Å². The molecular formula is C21H31FIN5OS. The van der Waals surface area contributed by atoms with Crippen LogP contribution >= 0.6 is 35.3 Å². The molecule has 9 heteroatoms. The molecule has 1 unspecified atom stereocenters. The van der Waals surface area contributed by atoms with E-state index in [0.29, 0.717) is 30.8 Å². The zero-order valence-electron chi connectivity index (χ0n) is 17.9. The highest BCUT2D eigenvalue weighted by Gasteiger charge is 2.22. The fraction of sp³-hybridized carbons (Fsp3) is 0.524. The third kappa shape index (κ3) is 7.26. The van der Waals surface area contributed by atoms with Crippen molar-refractivity contribution in [2.45, 2.75) is 39.3 Å². The van der Waals surface area contributed by atoms with E-state index in [9.17, 15) is 4.39 Å². The fourth-order valence-corrected chi connectivity index (χ4v) is 3.49. The van der Waals surface area contributed by atoms with Gasteiger partial charge in [-0.2, -0.15) is 0 Å². The zero-order valence-corrected chi connectivity index (χ0v) is 21.1. The van der Waals surface area contributed by atoms with Crippen molar-refractivity contribution in [2.24, 2.45) is 10.9 Å². The van der Waals surface area contributed by atoms with Gasteiger partial charge in [-0.15, -0.1) is 35.3 Å². The number of thiazole rings is 1. The summed E-state index contributed by atoms with van der Waals surface area (Å²) in [5.74, 6) is 1.28. The Hall–Kier alpha value is -1.62. The van der Waals surface area contributed by atoms with Crippen LogP contribution in [0.5, 0.6) is 5.75 Å². The maximum absolute atomic E-state index is 14.4. The second kappa shape index (κ2) is 11.7. The SMILES string of the molecule is CCNC(=NCc1csc(N(C)C)n1)NC(C)c1ccc(OCC2CC2)c(F)c1.I. The Kier molecular flexibility index (Phi) is 9.60. The summed E-state index contributed by atoms with van der Waals surface area (Å²) in [4.78, 5) is 11.2. The molecule has 1 saturated carbocycles. The van der Waals surface area contributed by atoms with Crippen molar-refractivity contribution in [3.8, 4) is 5.75 Å². The van der Waals surface area contributed by atoms with Crippen molar-refractivity contribution in [2.75, 3.05) is 32.1 Å². The number of hydrogen-bond acceptors (Lipinski definition) is 5. The normalized spacial score (nSPS) is 14.6. The first-order valence-corrected chi connectivity index (χ1v) is 10.9. The summed E-state index contributed by atoms with van der Waals surface area (Å²) >= 11 is 1.60. The predicted octanol–water partition coefficient (Wildman–Crippen LogP) is 4.57. The van der Waals surface area contributed by atoms with Crippen molar-refractivity contribution < 1.29 is 9.13 Å². The van der Waals surface area contributed by atoms with Crippen LogP contribution in [0.1, 0.15) is 44.0 Å². The van der Waals surface area contributed by atoms with Crippen molar-refractivity contribution in [3.05, 3.63) is 40.7 Å². The molecule has 6 nitrogen and oxygen atoms in total. The van der Waals surface area contributed by atoms with E-state index in [1.165, 1.54) is 18.9 Å². The molecule has 1 aromatic carbocycles. The van der Waals surface area contributed by atoms with Gasteiger partial charge in [-0.05, 0) is 50.3 Å². The molecule has 0 bridgehead atoms. The van der Waals surface area contributed by atoms with Gasteiger partial charge >= 0.3 is 0 Å². The first-order chi connectivity index (χ1) is 14.0. The molecular weight excluding hydrogens is 516 g/mol. The molecule has 0 spiro atoms. The molecule has 30 heavy (non-hydrogen) atoms. The second-order valence-electron chi connectivity index (χ2n) is 7.52. The predicted molar refractivity (Wildman–Crippen MR) is 133 cm³/mol. The zero-order chi connectivity index (χ0) is 20.8. The van der Waals surface area contributed by atoms with Gasteiger partial charge in [0.15, 0.2) is 22.7 Å². The van der Waals surface area contributed by atoms with Crippen LogP contribution in [0.4, 0.5) is 9.52 Å². The number of benzene rings is 1. The van der Waals surface area contributed by atoms with E-state index in [1.54, 1.807) is 17.4 Å². The van der Waals surface area contributed by atoms with Gasteiger partial charge < -0.3 is 20.3 Å². The lowest BCUT2D eigenvalue weighted by molar-refractivity contribution is 0.285. The molecule has 1 aliphatic rings. The summed E-state index contributed by atoms with van der Waals surface area (Å²) in [6, 6.07) is 5.05. The Morgan fingerprint density at radius 3 is 2.77 bits per heavy atom. The highest BCUT2D eigenvalue weighted by atomic mass is 127. The number of ether oxygens (including phenoxy) is 1. The Bertz CT molecular complexity index is 841. The smallest absolute Gasteiger partial charge is 0.192 e. The summed E-state index contributed by atoms with van der Waals surface area (Å²) < 4.78 is 20.0. The number of aliphatic imine (C=N–C) groups is 1. The molecule has 0 saturated heterocycles. The minimum Gasteiger partial charge on any atom is -0.490 e. The number of halogens is 2. The first-order valence-electron chi connectivity index (χ1n) is 10.0. The lowest BCUT2D eigenvalue weighted by Gasteiger charge is -2.19. The number of nitrogens with zero attached hydrogens (tertiary/aromatic N) is 3. The third-order valence-electron chi connectivity index (χ3n) is 4.65. The minimum absolute atomic E-state index is 0. The number of aromatic nitrogens is 1. The molecule has 1 aromatic heterocycles. The van der Waals surface area contributed by atoms with E-state index in [4.69, 9.17) is 4.74 Å². The molecule has 166 valence electrons. The average Bonchev–Trinajstić information content (AvgIpc) is 3.39. The van der Waals surface area contributed by atoms with Crippen molar-refractivity contribution in [1.29, 1.82) is 0 Å². The molecule has 1 aliphatic carbocycles. The van der Waals surface area contributed by atoms with Crippen molar-refractivity contribution in [1.82, 2.24) is 15.6 Å². The number of hydrogen-bond donors (Lipinski definition) is 2. The standard InChI is InChI=1S/C21H30FN5OS.HI/c1-5-23-20(24-11-17-13-29-21(26-17)27(3)4)25-14(2)16-8-9-19(18(22)10-16)28-12-15-6-7-15;/h8-10,13-15H,5-7,11-12H2,1-4H3,(H2,23,24,25);1H. The quantitative estimate of drug-likeness (QED) is 0.274. The molecule has 1 fully saturated rings. The highest BCUT2D eigenvalue weighted by Crippen LogP contribution is 2.30. The average molecular weight is 547 g/mol. The van der Waals surface area contributed by atoms with E-state index in [-0.39, 0.29) is 35.8 Å². The Balaban J connectivity index is 0.00000320. The van der Waals surface area contributed by atoms with Crippen LogP contribution in [0, 0.1) is 11.7 Å². The van der Waals surface area contributed by atoms with Crippen LogP contribution in [0.3, 0.4) is 0 Å². The van der Waals surface area contributed by atoms with Gasteiger partial charge in [-0.25, -0.2) is 14.4 Å². The van der Waals surface area contributed by atoms with Gasteiger partial charge in [-0.3, -0.25) is 0 Å². The van der Waals surface area contributed by atoms with E-state index in [0.717, 1.165) is 22.9 Å². The van der Waals surface area contributed by atoms with Crippen LogP contribution in [0.25, 0.3) is 0 Å². The van der Waals surface area contributed by atoms with Gasteiger partial charge in [0.1, 0.15) is 0 Å². The third-order valence-corrected chi connectivity index (χ3v) is 5.70. The Morgan fingerprint density at radius 1 is 1.40 bits per heavy atom. The molecule has 0 aliphatic heterocycles. The van der Waals surface area contributed by atoms with Gasteiger partial charge in [0.05, 0.1) is 24.9 Å². The van der Waals surface area contributed by atoms with Gasteiger partial charge in [-0.1, -0.05) is 6.07 Å². The lowest BCUT2D eigenvalue weighted by atomic mass is 10.1. The van der Waals surface area contributed by atoms with Gasteiger partial charge in [0.25, 0.3) is 0 Å². The second-order valence-corrected chi connectivity index (χ2v) is 8.36. The molecule has 2 aromatic rings. The first kappa shape index (κ1) is 24.6. The molecule has 2 N–H and O–H groups in total. The van der Waals surface area contributed by atoms with E-state index >= 15 is 0 Å². The summed E-state index contributed by atoms with van der Waals surface area (Å²) in [6.45, 7) is 5.82. The molecule has 0 radical (unpaired) electrons. The van der Waals surface area contributed by atoms with Crippen LogP contribution in [-0.2, 0) is 6.54 Å². The van der Waals surface area contributed by atoms with E-state index in [1.807, 2.05) is 44.3 Å². The summed E-state index contributed by atoms with van der Waals surface area (Å²) in [5, 5.41) is 9.55. The minimum atomic E-state index is -0.322. The maximum atomic E-state index is 14.4. The number of anilines is 1. The molecule has 1 heterocycles. The molecule has 3 rings (SSSR count). The van der Waals surface area contributed by atoms with Crippen LogP contribution < -0.4 is 20.3 Å². The van der Waals surface area contributed by atoms with Crippen LogP contribution in [0.2, 0.25) is 0 Å². The lowest BCUT2D eigenvalue weighted by Crippen LogP contribution is -2.38. The summed E-state index contributed by atoms with van der Waals surface area (Å²) in [6.07, 6.45) is 2.37. The molecule has 0 amide bonds. The number of nitrogens with one attached hydrogen (secondary N) is 2. The van der Waals surface area contributed by atoms with Gasteiger partial charge in [0.2, 0.25) is 0 Å². The van der Waals surface area contributed by atoms with Crippen LogP contribution in [-0.4, -0.2) is 38.2 Å². The summed E-state index contributed by atoms with van der Waals surface area (Å²) in [7, 11) is 3.95. The topological polar surface area (TPSA) is 61.8 Å². The monoisotopic (exact) mass is 547 g/mol. The number of guanidine groups is 1. The van der Waals surface area contributed by atoms with E-state index < -0.39 is 0 Å². The van der Waals surface area contributed by atoms with Crippen molar-refractivity contribution >= 4 is 46.4 Å². The highest BCUT2D eigenvalue weighted by molar-refractivity contribution is 14.0. The Labute approximate surface area is 199 Å². The van der Waals surface area contributed by atoms with Crippen LogP contribution in [0.15, 0.2) is 28.6 Å². The largest absolute Gasteiger partial charge is 0.490 e. The summed E-state index contributed by atoms with van der Waals surface area (Å²) in [5.41, 5.74) is 1.77. The fourth-order valence-electron chi connectivity index (χ4n) is 2.74. The molecule has 1 atom stereocenters. The van der Waals surface area contributed by atoms with Crippen molar-refractivity contribution in [3.63, 3.8) is 0 Å².